The van der Waals surface area contributed by atoms with Gasteiger partial charge in [0.1, 0.15) is 56.9 Å². The van der Waals surface area contributed by atoms with Gasteiger partial charge in [0.25, 0.3) is 0 Å². The van der Waals surface area contributed by atoms with Crippen molar-refractivity contribution in [2.75, 3.05) is 39.6 Å². The van der Waals surface area contributed by atoms with Crippen molar-refractivity contribution in [2.45, 2.75) is 37.0 Å². The summed E-state index contributed by atoms with van der Waals surface area (Å²) in [5.41, 5.74) is 3.86. The van der Waals surface area contributed by atoms with Crippen LogP contribution in [0.3, 0.4) is 0 Å². The van der Waals surface area contributed by atoms with E-state index < -0.39 is 0 Å². The van der Waals surface area contributed by atoms with Crippen LogP contribution in [0.5, 0.6) is 17.2 Å². The van der Waals surface area contributed by atoms with Crippen LogP contribution < -0.4 is 14.2 Å². The molecule has 6 nitrogen and oxygen atoms in total. The molecule has 0 unspecified atom stereocenters. The zero-order valence-corrected chi connectivity index (χ0v) is 24.4. The summed E-state index contributed by atoms with van der Waals surface area (Å²) in [6.45, 7) is 13.6. The molecule has 3 aromatic carbocycles. The van der Waals surface area contributed by atoms with Crippen molar-refractivity contribution in [3.8, 4) is 17.2 Å². The third-order valence-electron chi connectivity index (χ3n) is 7.77. The number of rotatable bonds is 18. The summed E-state index contributed by atoms with van der Waals surface area (Å²) in [6, 6.07) is 25.6. The quantitative estimate of drug-likeness (QED) is 0.114. The predicted molar refractivity (Wildman–Crippen MR) is 166 cm³/mol. The first kappa shape index (κ1) is 30.6. The van der Waals surface area contributed by atoms with Gasteiger partial charge in [0.15, 0.2) is 0 Å². The molecule has 1 fully saturated rings. The third kappa shape index (κ3) is 8.35. The van der Waals surface area contributed by atoms with Gasteiger partial charge in [-0.1, -0.05) is 56.1 Å². The second kappa shape index (κ2) is 16.2. The lowest BCUT2D eigenvalue weighted by atomic mass is 9.62. The van der Waals surface area contributed by atoms with Gasteiger partial charge in [0.2, 0.25) is 0 Å². The van der Waals surface area contributed by atoms with Crippen LogP contribution in [0, 0.1) is 0 Å². The van der Waals surface area contributed by atoms with E-state index in [2.05, 4.69) is 92.5 Å². The summed E-state index contributed by atoms with van der Waals surface area (Å²) >= 11 is 0. The monoisotopic (exact) mass is 570 g/mol. The zero-order valence-electron chi connectivity index (χ0n) is 24.4. The Labute approximate surface area is 250 Å². The summed E-state index contributed by atoms with van der Waals surface area (Å²) in [5, 5.41) is 0. The fraction of sp³-hybridized carbons (Fsp3) is 0.333. The molecule has 0 amide bonds. The Hall–Kier alpha value is -4.32. The van der Waals surface area contributed by atoms with E-state index in [1.54, 1.807) is 0 Å². The van der Waals surface area contributed by atoms with E-state index in [9.17, 15) is 0 Å². The van der Waals surface area contributed by atoms with Gasteiger partial charge in [0, 0.05) is 5.41 Å². The summed E-state index contributed by atoms with van der Waals surface area (Å²) in [7, 11) is 0. The summed E-state index contributed by atoms with van der Waals surface area (Å²) in [6.07, 6.45) is 8.54. The SMILES string of the molecule is C=COCCOc1ccc(C2CCC(c3ccc(OCCOC=C)cc3)(c3ccc(OCCOC=C)cc3)CC2)cc1. The first-order valence-electron chi connectivity index (χ1n) is 14.6. The Morgan fingerprint density at radius 3 is 1.24 bits per heavy atom. The van der Waals surface area contributed by atoms with Gasteiger partial charge in [-0.2, -0.15) is 0 Å². The molecule has 0 N–H and O–H groups in total. The molecule has 6 heteroatoms. The fourth-order valence-electron chi connectivity index (χ4n) is 5.64. The van der Waals surface area contributed by atoms with Crippen molar-refractivity contribution in [1.82, 2.24) is 0 Å². The van der Waals surface area contributed by atoms with Crippen LogP contribution in [-0.2, 0) is 19.6 Å². The highest BCUT2D eigenvalue weighted by molar-refractivity contribution is 5.44. The van der Waals surface area contributed by atoms with Crippen molar-refractivity contribution >= 4 is 0 Å². The molecule has 1 aliphatic rings. The molecular weight excluding hydrogens is 528 g/mol. The van der Waals surface area contributed by atoms with Gasteiger partial charge in [-0.25, -0.2) is 0 Å². The molecular formula is C36H42O6. The summed E-state index contributed by atoms with van der Waals surface area (Å²) in [5.74, 6) is 3.02. The lowest BCUT2D eigenvalue weighted by Crippen LogP contribution is -2.32. The smallest absolute Gasteiger partial charge is 0.122 e. The molecule has 222 valence electrons. The first-order valence-corrected chi connectivity index (χ1v) is 14.6. The molecule has 3 aromatic rings. The number of benzene rings is 3. The van der Waals surface area contributed by atoms with Crippen LogP contribution in [0.1, 0.15) is 48.3 Å². The molecule has 0 heterocycles. The second-order valence-electron chi connectivity index (χ2n) is 10.1. The Morgan fingerprint density at radius 2 is 0.881 bits per heavy atom. The van der Waals surface area contributed by atoms with Gasteiger partial charge in [-0.05, 0) is 84.7 Å². The van der Waals surface area contributed by atoms with Gasteiger partial charge in [-0.15, -0.1) is 0 Å². The van der Waals surface area contributed by atoms with Crippen molar-refractivity contribution < 1.29 is 28.4 Å². The highest BCUT2D eigenvalue weighted by Crippen LogP contribution is 2.49. The molecule has 0 bridgehead atoms. The van der Waals surface area contributed by atoms with E-state index in [1.807, 2.05) is 0 Å². The van der Waals surface area contributed by atoms with Gasteiger partial charge >= 0.3 is 0 Å². The minimum atomic E-state index is -0.0976. The molecule has 4 rings (SSSR count). The molecule has 0 aromatic heterocycles. The van der Waals surface area contributed by atoms with Crippen LogP contribution in [0.25, 0.3) is 0 Å². The Bertz CT molecular complexity index is 1160. The normalized spacial score (nSPS) is 14.3. The van der Waals surface area contributed by atoms with Crippen molar-refractivity contribution in [3.63, 3.8) is 0 Å². The Kier molecular flexibility index (Phi) is 11.8. The van der Waals surface area contributed by atoms with Crippen LogP contribution >= 0.6 is 0 Å². The predicted octanol–water partition coefficient (Wildman–Crippen LogP) is 7.95. The molecule has 0 spiro atoms. The van der Waals surface area contributed by atoms with Gasteiger partial charge in [-0.3, -0.25) is 0 Å². The molecule has 1 saturated carbocycles. The van der Waals surface area contributed by atoms with Gasteiger partial charge in [0.05, 0.1) is 18.8 Å². The zero-order chi connectivity index (χ0) is 29.5. The average Bonchev–Trinajstić information content (AvgIpc) is 3.04. The molecule has 42 heavy (non-hydrogen) atoms. The van der Waals surface area contributed by atoms with Crippen molar-refractivity contribution in [3.05, 3.63) is 128 Å². The van der Waals surface area contributed by atoms with Crippen LogP contribution in [0.15, 0.2) is 111 Å². The maximum absolute atomic E-state index is 5.85. The number of hydrogen-bond acceptors (Lipinski definition) is 6. The van der Waals surface area contributed by atoms with E-state index in [-0.39, 0.29) is 5.41 Å². The van der Waals surface area contributed by atoms with E-state index in [0.717, 1.165) is 42.9 Å². The third-order valence-corrected chi connectivity index (χ3v) is 7.77. The maximum atomic E-state index is 5.85. The molecule has 1 aliphatic carbocycles. The number of hydrogen-bond donors (Lipinski definition) is 0. The van der Waals surface area contributed by atoms with E-state index in [4.69, 9.17) is 28.4 Å². The number of ether oxygens (including phenoxy) is 6. The Morgan fingerprint density at radius 1 is 0.524 bits per heavy atom. The fourth-order valence-corrected chi connectivity index (χ4v) is 5.64. The molecule has 0 saturated heterocycles. The largest absolute Gasteiger partial charge is 0.498 e. The van der Waals surface area contributed by atoms with E-state index in [1.165, 1.54) is 35.5 Å². The molecule has 0 aliphatic heterocycles. The summed E-state index contributed by atoms with van der Waals surface area (Å²) < 4.78 is 33.0. The van der Waals surface area contributed by atoms with E-state index >= 15 is 0 Å². The highest BCUT2D eigenvalue weighted by Gasteiger charge is 2.38. The minimum absolute atomic E-state index is 0.0976. The molecule has 0 radical (unpaired) electrons. The highest BCUT2D eigenvalue weighted by atomic mass is 16.5. The van der Waals surface area contributed by atoms with Crippen molar-refractivity contribution in [1.29, 1.82) is 0 Å². The minimum Gasteiger partial charge on any atom is -0.498 e. The van der Waals surface area contributed by atoms with Crippen LogP contribution in [0.4, 0.5) is 0 Å². The standard InChI is InChI=1S/C36H42O6/c1-4-37-23-26-40-33-13-7-29(8-14-33)30-19-21-36(22-20-30,31-9-15-34(16-10-31)41-27-24-38-5-2)32-11-17-35(18-12-32)42-28-25-39-6-3/h4-18,30H,1-3,19-28H2. The lowest BCUT2D eigenvalue weighted by Gasteiger charge is -2.41. The first-order chi connectivity index (χ1) is 20.7. The maximum Gasteiger partial charge on any atom is 0.122 e. The van der Waals surface area contributed by atoms with Crippen molar-refractivity contribution in [2.24, 2.45) is 0 Å². The topological polar surface area (TPSA) is 55.4 Å². The summed E-state index contributed by atoms with van der Waals surface area (Å²) in [4.78, 5) is 0. The van der Waals surface area contributed by atoms with E-state index in [0.29, 0.717) is 45.6 Å². The average molecular weight is 571 g/mol. The second-order valence-corrected chi connectivity index (χ2v) is 10.1. The molecule has 0 atom stereocenters. The van der Waals surface area contributed by atoms with Gasteiger partial charge < -0.3 is 28.4 Å². The Balaban J connectivity index is 1.48. The van der Waals surface area contributed by atoms with Crippen LogP contribution in [-0.4, -0.2) is 39.6 Å². The lowest BCUT2D eigenvalue weighted by molar-refractivity contribution is 0.179. The van der Waals surface area contributed by atoms with Crippen LogP contribution in [0.2, 0.25) is 0 Å².